The van der Waals surface area contributed by atoms with Crippen molar-refractivity contribution in [2.75, 3.05) is 5.32 Å². The first-order valence-electron chi connectivity index (χ1n) is 4.64. The van der Waals surface area contributed by atoms with Crippen LogP contribution >= 0.6 is 0 Å². The maximum atomic E-state index is 11.4. The molecular formula is C9H11N5O. The van der Waals surface area contributed by atoms with Crippen LogP contribution in [0.5, 0.6) is 0 Å². The van der Waals surface area contributed by atoms with E-state index in [4.69, 9.17) is 0 Å². The second-order valence-electron chi connectivity index (χ2n) is 3.48. The minimum Gasteiger partial charge on any atom is -0.342 e. The van der Waals surface area contributed by atoms with Crippen molar-refractivity contribution in [1.29, 1.82) is 0 Å². The zero-order chi connectivity index (χ0) is 10.8. The van der Waals surface area contributed by atoms with Gasteiger partial charge in [0.15, 0.2) is 5.65 Å². The summed E-state index contributed by atoms with van der Waals surface area (Å²) in [4.78, 5) is 26.3. The molecule has 0 saturated carbocycles. The quantitative estimate of drug-likeness (QED) is 0.764. The van der Waals surface area contributed by atoms with E-state index in [-0.39, 0.29) is 17.8 Å². The van der Waals surface area contributed by atoms with Crippen LogP contribution in [0, 0.1) is 5.92 Å². The minimum atomic E-state index is -0.107. The number of H-pyrrole nitrogens is 1. The molecule has 0 saturated heterocycles. The average molecular weight is 205 g/mol. The minimum absolute atomic E-state index is 0.0940. The second kappa shape index (κ2) is 3.64. The van der Waals surface area contributed by atoms with Gasteiger partial charge in [-0.3, -0.25) is 10.1 Å². The fourth-order valence-electron chi connectivity index (χ4n) is 1.05. The highest BCUT2D eigenvalue weighted by Gasteiger charge is 2.09. The van der Waals surface area contributed by atoms with Crippen molar-refractivity contribution in [3.05, 3.63) is 12.5 Å². The molecule has 0 radical (unpaired) electrons. The number of hydrogen-bond donors (Lipinski definition) is 2. The van der Waals surface area contributed by atoms with Crippen molar-refractivity contribution in [2.24, 2.45) is 5.92 Å². The summed E-state index contributed by atoms with van der Waals surface area (Å²) in [6.45, 7) is 3.62. The van der Waals surface area contributed by atoms with E-state index in [0.29, 0.717) is 5.65 Å². The van der Waals surface area contributed by atoms with Gasteiger partial charge in [0, 0.05) is 5.92 Å². The van der Waals surface area contributed by atoms with Gasteiger partial charge in [-0.15, -0.1) is 0 Å². The van der Waals surface area contributed by atoms with Crippen LogP contribution in [0.3, 0.4) is 0 Å². The van der Waals surface area contributed by atoms with E-state index in [9.17, 15) is 4.79 Å². The molecule has 2 aromatic rings. The molecule has 1 amide bonds. The highest BCUT2D eigenvalue weighted by atomic mass is 16.1. The lowest BCUT2D eigenvalue weighted by Gasteiger charge is -2.04. The van der Waals surface area contributed by atoms with Crippen molar-refractivity contribution < 1.29 is 4.79 Å². The van der Waals surface area contributed by atoms with Crippen LogP contribution in [0.2, 0.25) is 0 Å². The van der Waals surface area contributed by atoms with Gasteiger partial charge in [0.25, 0.3) is 0 Å². The lowest BCUT2D eigenvalue weighted by atomic mass is 10.2. The normalized spacial score (nSPS) is 10.9. The number of hydrogen-bond acceptors (Lipinski definition) is 4. The van der Waals surface area contributed by atoms with E-state index in [2.05, 4.69) is 25.3 Å². The number of aromatic nitrogens is 4. The number of aromatic amines is 1. The molecule has 0 aliphatic carbocycles. The lowest BCUT2D eigenvalue weighted by Crippen LogP contribution is -2.19. The molecule has 0 aliphatic rings. The maximum Gasteiger partial charge on any atom is 0.231 e. The van der Waals surface area contributed by atoms with Gasteiger partial charge in [-0.2, -0.15) is 4.98 Å². The summed E-state index contributed by atoms with van der Waals surface area (Å²) in [6, 6.07) is 0. The fraction of sp³-hybridized carbons (Fsp3) is 0.333. The molecule has 2 rings (SSSR count). The van der Waals surface area contributed by atoms with Gasteiger partial charge in [0.05, 0.1) is 12.5 Å². The molecule has 0 atom stereocenters. The van der Waals surface area contributed by atoms with Crippen molar-refractivity contribution in [3.8, 4) is 0 Å². The smallest absolute Gasteiger partial charge is 0.231 e. The molecule has 15 heavy (non-hydrogen) atoms. The predicted octanol–water partition coefficient (Wildman–Crippen LogP) is 0.947. The first-order chi connectivity index (χ1) is 7.16. The Labute approximate surface area is 86.2 Å². The van der Waals surface area contributed by atoms with Gasteiger partial charge >= 0.3 is 0 Å². The first-order valence-corrected chi connectivity index (χ1v) is 4.64. The highest BCUT2D eigenvalue weighted by Crippen LogP contribution is 2.07. The van der Waals surface area contributed by atoms with E-state index >= 15 is 0 Å². The summed E-state index contributed by atoms with van der Waals surface area (Å²) in [5, 5.41) is 2.61. The SMILES string of the molecule is CC(C)C(=O)Nc1ncc2[nH]cnc2n1. The van der Waals surface area contributed by atoms with Gasteiger partial charge in [-0.05, 0) is 0 Å². The first kappa shape index (κ1) is 9.57. The summed E-state index contributed by atoms with van der Waals surface area (Å²) in [7, 11) is 0. The van der Waals surface area contributed by atoms with E-state index in [0.717, 1.165) is 5.52 Å². The van der Waals surface area contributed by atoms with Gasteiger partial charge in [0.1, 0.15) is 5.52 Å². The number of amides is 1. The Morgan fingerprint density at radius 2 is 2.27 bits per heavy atom. The standard InChI is InChI=1S/C9H11N5O/c1-5(2)8(15)14-9-10-3-6-7(13-9)12-4-11-6/h3-5H,1-2H3,(H2,10,11,12,13,14,15). The van der Waals surface area contributed by atoms with Crippen LogP contribution in [0.4, 0.5) is 5.95 Å². The maximum absolute atomic E-state index is 11.4. The number of fused-ring (bicyclic) bond motifs is 1. The molecule has 0 aliphatic heterocycles. The summed E-state index contributed by atoms with van der Waals surface area (Å²) in [5.74, 6) is 0.0849. The largest absolute Gasteiger partial charge is 0.342 e. The number of nitrogens with zero attached hydrogens (tertiary/aromatic N) is 3. The molecule has 0 fully saturated rings. The number of carbonyl (C=O) groups excluding carboxylic acids is 1. The molecule has 0 spiro atoms. The van der Waals surface area contributed by atoms with Gasteiger partial charge in [0.2, 0.25) is 11.9 Å². The molecule has 2 N–H and O–H groups in total. The second-order valence-corrected chi connectivity index (χ2v) is 3.48. The third kappa shape index (κ3) is 1.93. The number of imidazole rings is 1. The van der Waals surface area contributed by atoms with Gasteiger partial charge < -0.3 is 4.98 Å². The number of nitrogens with one attached hydrogen (secondary N) is 2. The van der Waals surface area contributed by atoms with Crippen LogP contribution < -0.4 is 5.32 Å². The Morgan fingerprint density at radius 3 is 3.00 bits per heavy atom. The highest BCUT2D eigenvalue weighted by molar-refractivity contribution is 5.90. The van der Waals surface area contributed by atoms with E-state index < -0.39 is 0 Å². The molecule has 0 bridgehead atoms. The Kier molecular flexibility index (Phi) is 2.32. The van der Waals surface area contributed by atoms with Crippen LogP contribution in [-0.2, 0) is 4.79 Å². The van der Waals surface area contributed by atoms with E-state index in [1.807, 2.05) is 13.8 Å². The molecule has 0 aromatic carbocycles. The zero-order valence-electron chi connectivity index (χ0n) is 8.48. The van der Waals surface area contributed by atoms with Crippen LogP contribution in [-0.4, -0.2) is 25.8 Å². The number of carbonyl (C=O) groups is 1. The lowest BCUT2D eigenvalue weighted by molar-refractivity contribution is -0.118. The third-order valence-electron chi connectivity index (χ3n) is 1.93. The topological polar surface area (TPSA) is 83.6 Å². The summed E-state index contributed by atoms with van der Waals surface area (Å²) < 4.78 is 0. The Bertz CT molecular complexity index is 490. The van der Waals surface area contributed by atoms with Gasteiger partial charge in [-0.25, -0.2) is 9.97 Å². The Balaban J connectivity index is 2.25. The predicted molar refractivity (Wildman–Crippen MR) is 55.2 cm³/mol. The number of rotatable bonds is 2. The van der Waals surface area contributed by atoms with Crippen molar-refractivity contribution >= 4 is 23.0 Å². The summed E-state index contributed by atoms with van der Waals surface area (Å²) in [5.41, 5.74) is 1.29. The molecule has 6 nitrogen and oxygen atoms in total. The molecule has 0 unspecified atom stereocenters. The monoisotopic (exact) mass is 205 g/mol. The van der Waals surface area contributed by atoms with E-state index in [1.165, 1.54) is 6.33 Å². The van der Waals surface area contributed by atoms with Crippen molar-refractivity contribution in [2.45, 2.75) is 13.8 Å². The van der Waals surface area contributed by atoms with Crippen molar-refractivity contribution in [1.82, 2.24) is 19.9 Å². The fourth-order valence-corrected chi connectivity index (χ4v) is 1.05. The van der Waals surface area contributed by atoms with Gasteiger partial charge in [-0.1, -0.05) is 13.8 Å². The summed E-state index contributed by atoms with van der Waals surface area (Å²) >= 11 is 0. The molecule has 2 aromatic heterocycles. The summed E-state index contributed by atoms with van der Waals surface area (Å²) in [6.07, 6.45) is 3.12. The zero-order valence-corrected chi connectivity index (χ0v) is 8.48. The van der Waals surface area contributed by atoms with Crippen LogP contribution in [0.1, 0.15) is 13.8 Å². The van der Waals surface area contributed by atoms with Crippen LogP contribution in [0.25, 0.3) is 11.2 Å². The molecular weight excluding hydrogens is 194 g/mol. The average Bonchev–Trinajstić information content (AvgIpc) is 2.64. The van der Waals surface area contributed by atoms with Crippen LogP contribution in [0.15, 0.2) is 12.5 Å². The number of anilines is 1. The Morgan fingerprint density at radius 1 is 1.47 bits per heavy atom. The Hall–Kier alpha value is -1.98. The molecule has 2 heterocycles. The van der Waals surface area contributed by atoms with E-state index in [1.54, 1.807) is 6.20 Å². The molecule has 6 heteroatoms. The third-order valence-corrected chi connectivity index (χ3v) is 1.93. The molecule has 78 valence electrons. The van der Waals surface area contributed by atoms with Crippen molar-refractivity contribution in [3.63, 3.8) is 0 Å².